The van der Waals surface area contributed by atoms with Crippen molar-refractivity contribution >= 4 is 35.5 Å². The van der Waals surface area contributed by atoms with Gasteiger partial charge in [0.05, 0.1) is 0 Å². The quantitative estimate of drug-likeness (QED) is 0.277. The summed E-state index contributed by atoms with van der Waals surface area (Å²) >= 11 is 5.85. The van der Waals surface area contributed by atoms with Crippen LogP contribution < -0.4 is 16.0 Å². The van der Waals surface area contributed by atoms with Gasteiger partial charge in [-0.1, -0.05) is 54.1 Å². The van der Waals surface area contributed by atoms with Crippen LogP contribution in [0, 0.1) is 5.92 Å². The van der Waals surface area contributed by atoms with Gasteiger partial charge in [-0.3, -0.25) is 9.59 Å². The van der Waals surface area contributed by atoms with Crippen molar-refractivity contribution in [2.45, 2.75) is 49.8 Å². The number of alkyl carbamates (subject to hydrolysis) is 1. The van der Waals surface area contributed by atoms with Crippen LogP contribution >= 0.6 is 11.6 Å². The number of carboxylic acid groups (broad SMARTS) is 1. The molecule has 3 rings (SSSR count). The molecule has 2 aromatic rings. The minimum atomic E-state index is -3.85. The molecule has 4 atom stereocenters. The summed E-state index contributed by atoms with van der Waals surface area (Å²) in [7, 11) is 0. The lowest BCUT2D eigenvalue weighted by Gasteiger charge is -2.29. The van der Waals surface area contributed by atoms with Crippen LogP contribution in [0.1, 0.15) is 36.5 Å². The number of ether oxygens (including phenoxy) is 1. The van der Waals surface area contributed by atoms with E-state index in [1.807, 2.05) is 10.6 Å². The van der Waals surface area contributed by atoms with Crippen molar-refractivity contribution in [2.75, 3.05) is 6.54 Å². The summed E-state index contributed by atoms with van der Waals surface area (Å²) in [6.07, 6.45) is -8.30. The first-order valence-corrected chi connectivity index (χ1v) is 12.5. The minimum absolute atomic E-state index is 0.00910. The zero-order valence-corrected chi connectivity index (χ0v) is 21.5. The number of nitrogens with one attached hydrogen (secondary N) is 3. The predicted octanol–water partition coefficient (Wildman–Crippen LogP) is 4.02. The maximum Gasteiger partial charge on any atom is 0.408 e. The predicted molar refractivity (Wildman–Crippen MR) is 134 cm³/mol. The molecule has 0 aliphatic carbocycles. The van der Waals surface area contributed by atoms with Gasteiger partial charge in [0.1, 0.15) is 12.1 Å². The molecule has 4 N–H and O–H groups in total. The number of benzene rings is 2. The second-order valence-corrected chi connectivity index (χ2v) is 9.50. The van der Waals surface area contributed by atoms with Crippen LogP contribution in [0.3, 0.4) is 0 Å². The molecule has 40 heavy (non-hydrogen) atoms. The fraction of sp³-hybridized carbons (Fsp3) is 0.385. The van der Waals surface area contributed by atoms with E-state index in [1.54, 1.807) is 0 Å². The zero-order chi connectivity index (χ0) is 29.4. The Morgan fingerprint density at radius 2 is 1.77 bits per heavy atom. The molecule has 1 aliphatic rings. The second-order valence-electron chi connectivity index (χ2n) is 9.06. The highest BCUT2D eigenvalue weighted by atomic mass is 35.5. The lowest BCUT2D eigenvalue weighted by molar-refractivity contribution is -0.143. The third kappa shape index (κ3) is 8.07. The Morgan fingerprint density at radius 1 is 1.07 bits per heavy atom. The van der Waals surface area contributed by atoms with Crippen LogP contribution in [-0.2, 0) is 25.0 Å². The largest absolute Gasteiger partial charge is 0.480 e. The van der Waals surface area contributed by atoms with Crippen molar-refractivity contribution in [1.29, 1.82) is 0 Å². The second kappa shape index (κ2) is 13.5. The van der Waals surface area contributed by atoms with Gasteiger partial charge in [0.25, 0.3) is 0 Å². The molecule has 2 aromatic carbocycles. The third-order valence-electron chi connectivity index (χ3n) is 6.19. The van der Waals surface area contributed by atoms with Gasteiger partial charge in [-0.2, -0.15) is 8.78 Å². The lowest BCUT2D eigenvalue weighted by Crippen LogP contribution is -2.53. The maximum absolute atomic E-state index is 15.6. The minimum Gasteiger partial charge on any atom is -0.480 e. The Bertz CT molecular complexity index is 1220. The molecular weight excluding hydrogens is 562 g/mol. The Labute approximate surface area is 231 Å². The van der Waals surface area contributed by atoms with Crippen molar-refractivity contribution in [1.82, 2.24) is 16.0 Å². The van der Waals surface area contributed by atoms with Gasteiger partial charge in [-0.25, -0.2) is 18.4 Å². The van der Waals surface area contributed by atoms with Gasteiger partial charge < -0.3 is 25.8 Å². The van der Waals surface area contributed by atoms with E-state index in [0.717, 1.165) is 12.1 Å². The molecule has 0 radical (unpaired) electrons. The highest BCUT2D eigenvalue weighted by molar-refractivity contribution is 6.30. The van der Waals surface area contributed by atoms with Crippen molar-refractivity contribution in [2.24, 2.45) is 5.92 Å². The van der Waals surface area contributed by atoms with Crippen LogP contribution in [0.2, 0.25) is 5.02 Å². The summed E-state index contributed by atoms with van der Waals surface area (Å²) < 4.78 is 62.7. The summed E-state index contributed by atoms with van der Waals surface area (Å²) in [5.74, 6) is -7.84. The van der Waals surface area contributed by atoms with Gasteiger partial charge in [0.2, 0.25) is 18.2 Å². The summed E-state index contributed by atoms with van der Waals surface area (Å²) in [5.41, 5.74) is -0.734. The van der Waals surface area contributed by atoms with E-state index in [1.165, 1.54) is 42.5 Å². The first kappa shape index (κ1) is 30.7. The number of alkyl halides is 4. The van der Waals surface area contributed by atoms with E-state index in [2.05, 4.69) is 5.32 Å². The van der Waals surface area contributed by atoms with Gasteiger partial charge in [-0.15, -0.1) is 0 Å². The maximum atomic E-state index is 15.6. The van der Waals surface area contributed by atoms with Crippen molar-refractivity contribution in [3.05, 3.63) is 70.7 Å². The molecule has 1 heterocycles. The Hall–Kier alpha value is -3.87. The smallest absolute Gasteiger partial charge is 0.408 e. The van der Waals surface area contributed by atoms with Gasteiger partial charge in [-0.05, 0) is 30.5 Å². The Kier molecular flexibility index (Phi) is 10.3. The van der Waals surface area contributed by atoms with Crippen LogP contribution in [0.15, 0.2) is 54.6 Å². The fourth-order valence-corrected chi connectivity index (χ4v) is 4.36. The first-order chi connectivity index (χ1) is 18.9. The number of aliphatic carboxylic acids is 1. The van der Waals surface area contributed by atoms with Crippen molar-refractivity contribution < 1.29 is 46.6 Å². The molecule has 1 unspecified atom stereocenters. The number of hydrogen-bond donors (Lipinski definition) is 4. The van der Waals surface area contributed by atoms with E-state index in [-0.39, 0.29) is 17.0 Å². The van der Waals surface area contributed by atoms with Crippen molar-refractivity contribution in [3.63, 3.8) is 0 Å². The van der Waals surface area contributed by atoms with Crippen LogP contribution in [0.25, 0.3) is 0 Å². The molecule has 9 nitrogen and oxygen atoms in total. The molecule has 1 fully saturated rings. The molecule has 0 aromatic heterocycles. The first-order valence-electron chi connectivity index (χ1n) is 12.1. The molecule has 3 amide bonds. The summed E-state index contributed by atoms with van der Waals surface area (Å²) in [6, 6.07) is 7.89. The SMILES string of the molecule is O=C(N[C@@H](CC(F)F)C(=O)N[C@@H](C[C@@H]1CCNC1=O)C(=O)O)OC(c1ccccc1)C(F)(F)c1cccc(Cl)c1. The Morgan fingerprint density at radius 3 is 2.35 bits per heavy atom. The number of rotatable bonds is 12. The molecule has 14 heteroatoms. The molecule has 0 bridgehead atoms. The summed E-state index contributed by atoms with van der Waals surface area (Å²) in [4.78, 5) is 49.0. The molecular formula is C26H26ClF4N3O6. The number of carboxylic acids is 1. The third-order valence-corrected chi connectivity index (χ3v) is 6.42. The van der Waals surface area contributed by atoms with Gasteiger partial charge in [0, 0.05) is 29.5 Å². The van der Waals surface area contributed by atoms with Crippen LogP contribution in [0.4, 0.5) is 22.4 Å². The van der Waals surface area contributed by atoms with Crippen molar-refractivity contribution in [3.8, 4) is 0 Å². The topological polar surface area (TPSA) is 134 Å². The van der Waals surface area contributed by atoms with Crippen LogP contribution in [-0.4, -0.2) is 54.0 Å². The molecule has 1 aliphatic heterocycles. The lowest BCUT2D eigenvalue weighted by atomic mass is 9.97. The molecule has 0 spiro atoms. The average Bonchev–Trinajstić information content (AvgIpc) is 3.30. The highest BCUT2D eigenvalue weighted by Crippen LogP contribution is 2.43. The van der Waals surface area contributed by atoms with E-state index < -0.39 is 72.3 Å². The van der Waals surface area contributed by atoms with E-state index >= 15 is 8.78 Å². The Balaban J connectivity index is 1.79. The summed E-state index contributed by atoms with van der Waals surface area (Å²) in [5, 5.41) is 15.9. The van der Waals surface area contributed by atoms with E-state index in [9.17, 15) is 33.1 Å². The van der Waals surface area contributed by atoms with Gasteiger partial charge >= 0.3 is 18.0 Å². The zero-order valence-electron chi connectivity index (χ0n) is 20.8. The molecule has 216 valence electrons. The number of halogens is 5. The number of carbonyl (C=O) groups excluding carboxylic acids is 3. The monoisotopic (exact) mass is 587 g/mol. The molecule has 0 saturated carbocycles. The van der Waals surface area contributed by atoms with E-state index in [4.69, 9.17) is 16.3 Å². The fourth-order valence-electron chi connectivity index (χ4n) is 4.17. The summed E-state index contributed by atoms with van der Waals surface area (Å²) in [6.45, 7) is 0.313. The normalized spacial score (nSPS) is 17.4. The number of hydrogen-bond acceptors (Lipinski definition) is 5. The molecule has 1 saturated heterocycles. The average molecular weight is 588 g/mol. The highest BCUT2D eigenvalue weighted by Gasteiger charge is 2.46. The van der Waals surface area contributed by atoms with Gasteiger partial charge in [0.15, 0.2) is 6.10 Å². The number of carbonyl (C=O) groups is 4. The van der Waals surface area contributed by atoms with E-state index in [0.29, 0.717) is 13.0 Å². The number of amides is 3. The standard InChI is InChI=1S/C26H26ClF4N3O6/c27-17-8-4-7-16(12-17)26(30,31)21(14-5-2-1-3-6-14)40-25(39)34-18(13-20(28)29)23(36)33-19(24(37)38)11-15-9-10-32-22(15)35/h1-8,12,15,18-21H,9-11,13H2,(H,32,35)(H,33,36)(H,34,39)(H,37,38)/t15-,18-,19-,21?/m0/s1. The van der Waals surface area contributed by atoms with Crippen LogP contribution in [0.5, 0.6) is 0 Å².